The first-order valence-corrected chi connectivity index (χ1v) is 7.04. The van der Waals surface area contributed by atoms with Crippen LogP contribution in [-0.4, -0.2) is 14.2 Å². The molecule has 0 N–H and O–H groups in total. The van der Waals surface area contributed by atoms with Crippen LogP contribution >= 0.6 is 7.60 Å². The van der Waals surface area contributed by atoms with Gasteiger partial charge in [-0.15, -0.1) is 0 Å². The van der Waals surface area contributed by atoms with Gasteiger partial charge in [-0.05, 0) is 32.3 Å². The molecule has 0 spiro atoms. The molecule has 94 valence electrons. The highest BCUT2D eigenvalue weighted by Gasteiger charge is 2.36. The van der Waals surface area contributed by atoms with Gasteiger partial charge in [-0.1, -0.05) is 11.6 Å². The van der Waals surface area contributed by atoms with Crippen molar-refractivity contribution in [3.8, 4) is 6.07 Å². The fourth-order valence-electron chi connectivity index (χ4n) is 2.08. The topological polar surface area (TPSA) is 59.3 Å². The average molecular weight is 255 g/mol. The van der Waals surface area contributed by atoms with Gasteiger partial charge in [0.2, 0.25) is 0 Å². The highest BCUT2D eigenvalue weighted by Crippen LogP contribution is 2.60. The van der Waals surface area contributed by atoms with Crippen molar-refractivity contribution in [2.45, 2.75) is 26.7 Å². The maximum atomic E-state index is 12.4. The van der Waals surface area contributed by atoms with Crippen LogP contribution in [0.5, 0.6) is 0 Å². The Morgan fingerprint density at radius 1 is 1.47 bits per heavy atom. The molecule has 17 heavy (non-hydrogen) atoms. The van der Waals surface area contributed by atoms with Gasteiger partial charge < -0.3 is 9.05 Å². The second-order valence-corrected chi connectivity index (χ2v) is 6.33. The molecule has 0 fully saturated rings. The summed E-state index contributed by atoms with van der Waals surface area (Å²) < 4.78 is 22.5. The number of allylic oxidation sites excluding steroid dienone is 4. The van der Waals surface area contributed by atoms with E-state index in [4.69, 9.17) is 14.3 Å². The van der Waals surface area contributed by atoms with E-state index >= 15 is 0 Å². The Hall–Kier alpha value is -0.880. The Morgan fingerprint density at radius 2 is 2.06 bits per heavy atom. The minimum absolute atomic E-state index is 0.223. The lowest BCUT2D eigenvalue weighted by molar-refractivity contribution is 0.282. The summed E-state index contributed by atoms with van der Waals surface area (Å²) in [5.74, 6) is -0.223. The number of nitrogens with zero attached hydrogens (tertiary/aromatic N) is 1. The summed E-state index contributed by atoms with van der Waals surface area (Å²) in [5, 5.41) is 9.71. The Balaban J connectivity index is 3.33. The zero-order valence-corrected chi connectivity index (χ0v) is 11.6. The minimum Gasteiger partial charge on any atom is -0.309 e. The van der Waals surface area contributed by atoms with Crippen LogP contribution in [0.25, 0.3) is 0 Å². The van der Waals surface area contributed by atoms with Crippen LogP contribution in [0.1, 0.15) is 26.7 Å². The molecule has 0 heterocycles. The third-order valence-corrected chi connectivity index (χ3v) is 4.86. The predicted octanol–water partition coefficient (Wildman–Crippen LogP) is 3.63. The van der Waals surface area contributed by atoms with Crippen molar-refractivity contribution < 1.29 is 13.6 Å². The van der Waals surface area contributed by atoms with E-state index in [0.717, 1.165) is 24.0 Å². The molecule has 0 aliphatic heterocycles. The van der Waals surface area contributed by atoms with Crippen LogP contribution in [-0.2, 0) is 13.6 Å². The molecule has 4 nitrogen and oxygen atoms in total. The lowest BCUT2D eigenvalue weighted by Gasteiger charge is -2.27. The van der Waals surface area contributed by atoms with Gasteiger partial charge in [0, 0.05) is 14.2 Å². The molecule has 0 aromatic rings. The van der Waals surface area contributed by atoms with Crippen molar-refractivity contribution in [1.29, 1.82) is 5.26 Å². The molecule has 1 aliphatic carbocycles. The molecule has 1 unspecified atom stereocenters. The number of rotatable bonds is 3. The SMILES string of the molecule is COP(=O)(OC)C1=CCCC(C#N)C1=C(C)C. The molecule has 1 aliphatic rings. The van der Waals surface area contributed by atoms with Gasteiger partial charge in [0.05, 0.1) is 17.3 Å². The van der Waals surface area contributed by atoms with Crippen molar-refractivity contribution in [1.82, 2.24) is 0 Å². The Bertz CT molecular complexity index is 433. The van der Waals surface area contributed by atoms with Crippen LogP contribution < -0.4 is 0 Å². The van der Waals surface area contributed by atoms with E-state index < -0.39 is 7.60 Å². The van der Waals surface area contributed by atoms with Crippen molar-refractivity contribution in [3.63, 3.8) is 0 Å². The monoisotopic (exact) mass is 255 g/mol. The third kappa shape index (κ3) is 2.69. The maximum Gasteiger partial charge on any atom is 0.360 e. The summed E-state index contributed by atoms with van der Waals surface area (Å²) in [6.45, 7) is 3.82. The summed E-state index contributed by atoms with van der Waals surface area (Å²) in [4.78, 5) is 0. The zero-order valence-electron chi connectivity index (χ0n) is 10.7. The molecule has 1 atom stereocenters. The first-order chi connectivity index (χ1) is 8.00. The first kappa shape index (κ1) is 14.2. The van der Waals surface area contributed by atoms with Crippen LogP contribution in [0.15, 0.2) is 22.5 Å². The molecule has 0 saturated heterocycles. The van der Waals surface area contributed by atoms with E-state index in [1.807, 2.05) is 19.9 Å². The Kier molecular flexibility index (Phi) is 4.70. The van der Waals surface area contributed by atoms with E-state index in [2.05, 4.69) is 6.07 Å². The van der Waals surface area contributed by atoms with Gasteiger partial charge in [-0.25, -0.2) is 0 Å². The summed E-state index contributed by atoms with van der Waals surface area (Å²) in [6, 6.07) is 2.25. The third-order valence-electron chi connectivity index (χ3n) is 2.89. The van der Waals surface area contributed by atoms with Crippen LogP contribution in [0, 0.1) is 17.2 Å². The summed E-state index contributed by atoms with van der Waals surface area (Å²) in [5.41, 5.74) is 1.79. The number of nitriles is 1. The molecule has 0 aromatic heterocycles. The molecule has 0 amide bonds. The standard InChI is InChI=1S/C12H18NO3P/c1-9(2)12-10(8-13)6-5-7-11(12)17(14,15-3)16-4/h7,10H,5-6H2,1-4H3. The molecule has 5 heteroatoms. The molecule has 0 saturated carbocycles. The summed E-state index contributed by atoms with van der Waals surface area (Å²) >= 11 is 0. The lowest BCUT2D eigenvalue weighted by Crippen LogP contribution is -2.12. The van der Waals surface area contributed by atoms with Gasteiger partial charge in [-0.2, -0.15) is 5.26 Å². The van der Waals surface area contributed by atoms with Gasteiger partial charge in [-0.3, -0.25) is 4.57 Å². The highest BCUT2D eigenvalue weighted by atomic mass is 31.2. The van der Waals surface area contributed by atoms with Crippen molar-refractivity contribution in [2.24, 2.45) is 5.92 Å². The van der Waals surface area contributed by atoms with Gasteiger partial charge in [0.1, 0.15) is 0 Å². The smallest absolute Gasteiger partial charge is 0.309 e. The fourth-order valence-corrected chi connectivity index (χ4v) is 3.65. The fraction of sp³-hybridized carbons (Fsp3) is 0.583. The molecule has 0 aromatic carbocycles. The summed E-state index contributed by atoms with van der Waals surface area (Å²) in [7, 11) is -0.535. The Labute approximate surface area is 102 Å². The number of hydrogen-bond acceptors (Lipinski definition) is 4. The second kappa shape index (κ2) is 5.64. The summed E-state index contributed by atoms with van der Waals surface area (Å²) in [6.07, 6.45) is 3.35. The highest BCUT2D eigenvalue weighted by molar-refractivity contribution is 7.58. The quantitative estimate of drug-likeness (QED) is 0.722. The van der Waals surface area contributed by atoms with E-state index in [1.54, 1.807) is 0 Å². The van der Waals surface area contributed by atoms with Gasteiger partial charge >= 0.3 is 7.60 Å². The largest absolute Gasteiger partial charge is 0.360 e. The van der Waals surface area contributed by atoms with E-state index in [9.17, 15) is 4.57 Å². The lowest BCUT2D eigenvalue weighted by atomic mass is 9.87. The Morgan fingerprint density at radius 3 is 2.47 bits per heavy atom. The van der Waals surface area contributed by atoms with Crippen molar-refractivity contribution >= 4 is 7.60 Å². The van der Waals surface area contributed by atoms with Crippen molar-refractivity contribution in [3.05, 3.63) is 22.5 Å². The first-order valence-electron chi connectivity index (χ1n) is 5.49. The minimum atomic E-state index is -3.26. The van der Waals surface area contributed by atoms with E-state index in [1.165, 1.54) is 14.2 Å². The molecule has 0 bridgehead atoms. The molecular formula is C12H18NO3P. The molecule has 1 rings (SSSR count). The molecular weight excluding hydrogens is 237 g/mol. The van der Waals surface area contributed by atoms with Crippen molar-refractivity contribution in [2.75, 3.05) is 14.2 Å². The maximum absolute atomic E-state index is 12.4. The predicted molar refractivity (Wildman–Crippen MR) is 66.4 cm³/mol. The second-order valence-electron chi connectivity index (χ2n) is 4.12. The van der Waals surface area contributed by atoms with Crippen LogP contribution in [0.4, 0.5) is 0 Å². The normalized spacial score (nSPS) is 20.8. The van der Waals surface area contributed by atoms with Crippen LogP contribution in [0.2, 0.25) is 0 Å². The number of hydrogen-bond donors (Lipinski definition) is 0. The average Bonchev–Trinajstić information content (AvgIpc) is 2.36. The van der Waals surface area contributed by atoms with E-state index in [-0.39, 0.29) is 5.92 Å². The van der Waals surface area contributed by atoms with Gasteiger partial charge in [0.15, 0.2) is 0 Å². The van der Waals surface area contributed by atoms with E-state index in [0.29, 0.717) is 5.31 Å². The zero-order chi connectivity index (χ0) is 13.1. The molecule has 0 radical (unpaired) electrons. The van der Waals surface area contributed by atoms with Crippen LogP contribution in [0.3, 0.4) is 0 Å². The van der Waals surface area contributed by atoms with Gasteiger partial charge in [0.25, 0.3) is 0 Å².